The van der Waals surface area contributed by atoms with Crippen molar-refractivity contribution >= 4 is 23.2 Å². The summed E-state index contributed by atoms with van der Waals surface area (Å²) in [4.78, 5) is 11.8. The highest BCUT2D eigenvalue weighted by Crippen LogP contribution is 2.19. The van der Waals surface area contributed by atoms with Gasteiger partial charge in [-0.25, -0.2) is 4.39 Å². The Labute approximate surface area is 121 Å². The first kappa shape index (κ1) is 14.3. The van der Waals surface area contributed by atoms with Crippen molar-refractivity contribution in [1.29, 1.82) is 0 Å². The molecule has 0 heterocycles. The van der Waals surface area contributed by atoms with Crippen molar-refractivity contribution in [3.8, 4) is 5.75 Å². The van der Waals surface area contributed by atoms with Crippen LogP contribution in [0.25, 0.3) is 0 Å². The number of methoxy groups -OCH3 is 1. The van der Waals surface area contributed by atoms with Crippen LogP contribution in [0, 0.1) is 5.82 Å². The lowest BCUT2D eigenvalue weighted by Gasteiger charge is -2.07. The number of halogens is 2. The van der Waals surface area contributed by atoms with Crippen LogP contribution in [0.2, 0.25) is 5.02 Å². The van der Waals surface area contributed by atoms with Gasteiger partial charge in [-0.3, -0.25) is 4.79 Å². The van der Waals surface area contributed by atoms with E-state index in [1.165, 1.54) is 12.1 Å². The zero-order chi connectivity index (χ0) is 14.5. The van der Waals surface area contributed by atoms with Gasteiger partial charge in [0, 0.05) is 5.02 Å². The van der Waals surface area contributed by atoms with E-state index < -0.39 is 5.82 Å². The Morgan fingerprint density at radius 2 is 1.95 bits per heavy atom. The Hall–Kier alpha value is -2.07. The fourth-order valence-electron chi connectivity index (χ4n) is 1.71. The Bertz CT molecular complexity index is 614. The molecule has 0 saturated heterocycles. The van der Waals surface area contributed by atoms with E-state index >= 15 is 0 Å². The SMILES string of the molecule is COc1ccc(CC(=O)Nc2ccc(Cl)cc2F)cc1. The standard InChI is InChI=1S/C15H13ClFNO2/c1-20-12-5-2-10(3-6-12)8-15(19)18-14-7-4-11(16)9-13(14)17/h2-7,9H,8H2,1H3,(H,18,19). The summed E-state index contributed by atoms with van der Waals surface area (Å²) in [6, 6.07) is 11.2. The molecule has 0 bridgehead atoms. The average Bonchev–Trinajstić information content (AvgIpc) is 2.43. The Morgan fingerprint density at radius 1 is 1.25 bits per heavy atom. The van der Waals surface area contributed by atoms with Gasteiger partial charge in [-0.15, -0.1) is 0 Å². The molecule has 0 radical (unpaired) electrons. The smallest absolute Gasteiger partial charge is 0.228 e. The molecule has 1 N–H and O–H groups in total. The molecule has 3 nitrogen and oxygen atoms in total. The second kappa shape index (κ2) is 6.39. The van der Waals surface area contributed by atoms with Crippen LogP contribution in [0.1, 0.15) is 5.56 Å². The predicted molar refractivity (Wildman–Crippen MR) is 76.7 cm³/mol. The fourth-order valence-corrected chi connectivity index (χ4v) is 1.87. The molecule has 0 aromatic heterocycles. The van der Waals surface area contributed by atoms with E-state index in [4.69, 9.17) is 16.3 Å². The minimum absolute atomic E-state index is 0.118. The van der Waals surface area contributed by atoms with Crippen molar-refractivity contribution in [2.45, 2.75) is 6.42 Å². The number of hydrogen-bond acceptors (Lipinski definition) is 2. The van der Waals surface area contributed by atoms with E-state index in [1.807, 2.05) is 0 Å². The molecule has 0 spiro atoms. The lowest BCUT2D eigenvalue weighted by Crippen LogP contribution is -2.15. The van der Waals surface area contributed by atoms with E-state index in [0.29, 0.717) is 0 Å². The molecular formula is C15H13ClFNO2. The van der Waals surface area contributed by atoms with E-state index in [9.17, 15) is 9.18 Å². The molecule has 0 aliphatic carbocycles. The van der Waals surface area contributed by atoms with Gasteiger partial charge in [-0.2, -0.15) is 0 Å². The molecule has 1 amide bonds. The largest absolute Gasteiger partial charge is 0.497 e. The van der Waals surface area contributed by atoms with Crippen LogP contribution in [0.5, 0.6) is 5.75 Å². The van der Waals surface area contributed by atoms with Gasteiger partial charge in [0.1, 0.15) is 11.6 Å². The Morgan fingerprint density at radius 3 is 2.55 bits per heavy atom. The van der Waals surface area contributed by atoms with Crippen molar-refractivity contribution in [2.75, 3.05) is 12.4 Å². The van der Waals surface area contributed by atoms with Crippen molar-refractivity contribution in [3.63, 3.8) is 0 Å². The first-order chi connectivity index (χ1) is 9.58. The number of nitrogens with one attached hydrogen (secondary N) is 1. The number of anilines is 1. The van der Waals surface area contributed by atoms with E-state index in [0.717, 1.165) is 17.4 Å². The van der Waals surface area contributed by atoms with Gasteiger partial charge in [-0.1, -0.05) is 23.7 Å². The molecule has 20 heavy (non-hydrogen) atoms. The second-order valence-electron chi connectivity index (χ2n) is 4.20. The van der Waals surface area contributed by atoms with Gasteiger partial charge >= 0.3 is 0 Å². The van der Waals surface area contributed by atoms with Crippen LogP contribution >= 0.6 is 11.6 Å². The first-order valence-electron chi connectivity index (χ1n) is 5.96. The maximum absolute atomic E-state index is 13.5. The highest BCUT2D eigenvalue weighted by Gasteiger charge is 2.08. The number of benzene rings is 2. The minimum Gasteiger partial charge on any atom is -0.497 e. The highest BCUT2D eigenvalue weighted by atomic mass is 35.5. The normalized spacial score (nSPS) is 10.2. The summed E-state index contributed by atoms with van der Waals surface area (Å²) in [7, 11) is 1.57. The summed E-state index contributed by atoms with van der Waals surface area (Å²) >= 11 is 5.65. The molecule has 0 aliphatic heterocycles. The summed E-state index contributed by atoms with van der Waals surface area (Å²) in [5.41, 5.74) is 0.936. The molecule has 5 heteroatoms. The average molecular weight is 294 g/mol. The number of ether oxygens (including phenoxy) is 1. The number of carbonyl (C=O) groups excluding carboxylic acids is 1. The summed E-state index contributed by atoms with van der Waals surface area (Å²) in [5, 5.41) is 2.80. The van der Waals surface area contributed by atoms with Crippen LogP contribution in [-0.2, 0) is 11.2 Å². The van der Waals surface area contributed by atoms with Crippen LogP contribution in [0.15, 0.2) is 42.5 Å². The minimum atomic E-state index is -0.555. The molecule has 0 unspecified atom stereocenters. The summed E-state index contributed by atoms with van der Waals surface area (Å²) in [5.74, 6) is -0.130. The van der Waals surface area contributed by atoms with E-state index in [-0.39, 0.29) is 23.0 Å². The molecular weight excluding hydrogens is 281 g/mol. The summed E-state index contributed by atoms with van der Waals surface area (Å²) in [6.07, 6.45) is 0.159. The van der Waals surface area contributed by atoms with Crippen molar-refractivity contribution < 1.29 is 13.9 Å². The molecule has 0 saturated carbocycles. The fraction of sp³-hybridized carbons (Fsp3) is 0.133. The maximum atomic E-state index is 13.5. The third-order valence-corrected chi connectivity index (χ3v) is 2.96. The number of hydrogen-bond donors (Lipinski definition) is 1. The third-order valence-electron chi connectivity index (χ3n) is 2.73. The lowest BCUT2D eigenvalue weighted by atomic mass is 10.1. The maximum Gasteiger partial charge on any atom is 0.228 e. The molecule has 2 aromatic rings. The van der Waals surface area contributed by atoms with Crippen LogP contribution < -0.4 is 10.1 Å². The number of amides is 1. The van der Waals surface area contributed by atoms with Crippen LogP contribution in [0.3, 0.4) is 0 Å². The monoisotopic (exact) mass is 293 g/mol. The zero-order valence-electron chi connectivity index (χ0n) is 10.8. The highest BCUT2D eigenvalue weighted by molar-refractivity contribution is 6.30. The quantitative estimate of drug-likeness (QED) is 0.934. The Kier molecular flexibility index (Phi) is 4.58. The van der Waals surface area contributed by atoms with Gasteiger partial charge < -0.3 is 10.1 Å². The lowest BCUT2D eigenvalue weighted by molar-refractivity contribution is -0.115. The first-order valence-corrected chi connectivity index (χ1v) is 6.34. The Balaban J connectivity index is 2.01. The van der Waals surface area contributed by atoms with Crippen LogP contribution in [0.4, 0.5) is 10.1 Å². The van der Waals surface area contributed by atoms with Gasteiger partial charge in [0.05, 0.1) is 19.2 Å². The van der Waals surface area contributed by atoms with Crippen molar-refractivity contribution in [2.24, 2.45) is 0 Å². The number of rotatable bonds is 4. The molecule has 0 aliphatic rings. The second-order valence-corrected chi connectivity index (χ2v) is 4.63. The predicted octanol–water partition coefficient (Wildman–Crippen LogP) is 3.67. The van der Waals surface area contributed by atoms with Crippen molar-refractivity contribution in [1.82, 2.24) is 0 Å². The molecule has 0 atom stereocenters. The topological polar surface area (TPSA) is 38.3 Å². The molecule has 2 rings (SSSR count). The van der Waals surface area contributed by atoms with E-state index in [2.05, 4.69) is 5.32 Å². The van der Waals surface area contributed by atoms with Gasteiger partial charge in [0.2, 0.25) is 5.91 Å². The van der Waals surface area contributed by atoms with Crippen LogP contribution in [-0.4, -0.2) is 13.0 Å². The van der Waals surface area contributed by atoms with E-state index in [1.54, 1.807) is 31.4 Å². The summed E-state index contributed by atoms with van der Waals surface area (Å²) in [6.45, 7) is 0. The van der Waals surface area contributed by atoms with Crippen molar-refractivity contribution in [3.05, 3.63) is 58.9 Å². The van der Waals surface area contributed by atoms with Gasteiger partial charge in [0.25, 0.3) is 0 Å². The van der Waals surface area contributed by atoms with Gasteiger partial charge in [-0.05, 0) is 35.9 Å². The molecule has 104 valence electrons. The summed E-state index contributed by atoms with van der Waals surface area (Å²) < 4.78 is 18.6. The van der Waals surface area contributed by atoms with Gasteiger partial charge in [0.15, 0.2) is 0 Å². The third kappa shape index (κ3) is 3.71. The zero-order valence-corrected chi connectivity index (χ0v) is 11.6. The molecule has 2 aromatic carbocycles. The molecule has 0 fully saturated rings. The number of carbonyl (C=O) groups is 1.